The normalized spacial score (nSPS) is 10.5. The number of carbonyl (C=O) groups excluding carboxylic acids is 1. The van der Waals surface area contributed by atoms with E-state index in [2.05, 4.69) is 11.7 Å². The smallest absolute Gasteiger partial charge is 0.431 e. The maximum atomic E-state index is 11.6. The largest absolute Gasteiger partial charge is 0.442 e. The molecular weight excluding hydrogens is 192 g/mol. The van der Waals surface area contributed by atoms with E-state index in [1.165, 1.54) is 5.01 Å². The molecule has 86 valence electrons. The van der Waals surface area contributed by atoms with Gasteiger partial charge in [0.15, 0.2) is 0 Å². The van der Waals surface area contributed by atoms with Crippen LogP contribution in [0.15, 0.2) is 17.8 Å². The SMILES string of the molecule is C=CCN(N=C(C)C)C(=O)OC(C)(C)C. The third kappa shape index (κ3) is 6.71. The summed E-state index contributed by atoms with van der Waals surface area (Å²) in [7, 11) is 0. The Morgan fingerprint density at radius 1 is 1.47 bits per heavy atom. The Morgan fingerprint density at radius 3 is 2.33 bits per heavy atom. The Hall–Kier alpha value is -1.32. The highest BCUT2D eigenvalue weighted by atomic mass is 16.6. The first-order valence-electron chi connectivity index (χ1n) is 4.89. The molecule has 15 heavy (non-hydrogen) atoms. The zero-order valence-corrected chi connectivity index (χ0v) is 10.2. The van der Waals surface area contributed by atoms with Gasteiger partial charge < -0.3 is 4.74 Å². The Labute approximate surface area is 91.6 Å². The third-order valence-corrected chi connectivity index (χ3v) is 1.23. The van der Waals surface area contributed by atoms with Gasteiger partial charge in [-0.3, -0.25) is 0 Å². The number of ether oxygens (including phenoxy) is 1. The van der Waals surface area contributed by atoms with E-state index in [9.17, 15) is 4.79 Å². The highest BCUT2D eigenvalue weighted by molar-refractivity contribution is 5.80. The van der Waals surface area contributed by atoms with Crippen LogP contribution in [0.5, 0.6) is 0 Å². The van der Waals surface area contributed by atoms with Gasteiger partial charge in [0.05, 0.1) is 6.54 Å². The van der Waals surface area contributed by atoms with Crippen LogP contribution < -0.4 is 0 Å². The molecule has 0 unspecified atom stereocenters. The summed E-state index contributed by atoms with van der Waals surface area (Å²) in [6, 6.07) is 0. The van der Waals surface area contributed by atoms with Crippen molar-refractivity contribution in [1.82, 2.24) is 5.01 Å². The van der Waals surface area contributed by atoms with Crippen LogP contribution in [-0.4, -0.2) is 29.0 Å². The van der Waals surface area contributed by atoms with Gasteiger partial charge in [0, 0.05) is 5.71 Å². The molecule has 0 saturated heterocycles. The van der Waals surface area contributed by atoms with E-state index in [1.54, 1.807) is 6.08 Å². The molecule has 4 heteroatoms. The van der Waals surface area contributed by atoms with Gasteiger partial charge in [-0.05, 0) is 34.6 Å². The van der Waals surface area contributed by atoms with Crippen LogP contribution in [0.2, 0.25) is 0 Å². The zero-order chi connectivity index (χ0) is 12.1. The summed E-state index contributed by atoms with van der Waals surface area (Å²) in [5.74, 6) is 0. The average molecular weight is 212 g/mol. The van der Waals surface area contributed by atoms with Crippen LogP contribution >= 0.6 is 0 Å². The lowest BCUT2D eigenvalue weighted by Crippen LogP contribution is -2.34. The van der Waals surface area contributed by atoms with Gasteiger partial charge in [-0.15, -0.1) is 6.58 Å². The molecule has 0 fully saturated rings. The Kier molecular flexibility index (Phi) is 5.05. The molecule has 0 radical (unpaired) electrons. The standard InChI is InChI=1S/C11H20N2O2/c1-7-8-13(12-9(2)3)10(14)15-11(4,5)6/h7H,1,8H2,2-6H3. The number of nitrogens with zero attached hydrogens (tertiary/aromatic N) is 2. The number of hydrogen-bond donors (Lipinski definition) is 0. The van der Waals surface area contributed by atoms with Crippen molar-refractivity contribution in [2.24, 2.45) is 5.10 Å². The van der Waals surface area contributed by atoms with Crippen molar-refractivity contribution in [2.75, 3.05) is 6.54 Å². The Balaban J connectivity index is 4.56. The van der Waals surface area contributed by atoms with E-state index in [4.69, 9.17) is 4.74 Å². The maximum absolute atomic E-state index is 11.6. The van der Waals surface area contributed by atoms with Crippen molar-refractivity contribution in [2.45, 2.75) is 40.2 Å². The summed E-state index contributed by atoms with van der Waals surface area (Å²) >= 11 is 0. The lowest BCUT2D eigenvalue weighted by Gasteiger charge is -2.23. The molecule has 0 spiro atoms. The molecule has 0 atom stereocenters. The van der Waals surface area contributed by atoms with Gasteiger partial charge >= 0.3 is 6.09 Å². The monoisotopic (exact) mass is 212 g/mol. The summed E-state index contributed by atoms with van der Waals surface area (Å²) in [4.78, 5) is 11.6. The zero-order valence-electron chi connectivity index (χ0n) is 10.2. The number of hydrogen-bond acceptors (Lipinski definition) is 3. The fourth-order valence-corrected chi connectivity index (χ4v) is 0.835. The van der Waals surface area contributed by atoms with Crippen LogP contribution in [-0.2, 0) is 4.74 Å². The van der Waals surface area contributed by atoms with Crippen LogP contribution in [0.1, 0.15) is 34.6 Å². The fraction of sp³-hybridized carbons (Fsp3) is 0.636. The van der Waals surface area contributed by atoms with Crippen LogP contribution in [0.25, 0.3) is 0 Å². The summed E-state index contributed by atoms with van der Waals surface area (Å²) < 4.78 is 5.19. The molecule has 0 bridgehead atoms. The van der Waals surface area contributed by atoms with Crippen molar-refractivity contribution in [1.29, 1.82) is 0 Å². The van der Waals surface area contributed by atoms with E-state index < -0.39 is 11.7 Å². The summed E-state index contributed by atoms with van der Waals surface area (Å²) in [5, 5.41) is 5.31. The number of carbonyl (C=O) groups is 1. The molecule has 0 heterocycles. The minimum absolute atomic E-state index is 0.347. The number of hydrazone groups is 1. The predicted octanol–water partition coefficient (Wildman–Crippen LogP) is 2.81. The topological polar surface area (TPSA) is 41.9 Å². The van der Waals surface area contributed by atoms with Gasteiger partial charge in [-0.25, -0.2) is 4.79 Å². The van der Waals surface area contributed by atoms with Crippen molar-refractivity contribution < 1.29 is 9.53 Å². The van der Waals surface area contributed by atoms with Gasteiger partial charge in [-0.1, -0.05) is 6.08 Å². The Morgan fingerprint density at radius 2 is 2.00 bits per heavy atom. The van der Waals surface area contributed by atoms with Gasteiger partial charge in [0.2, 0.25) is 0 Å². The quantitative estimate of drug-likeness (QED) is 0.410. The van der Waals surface area contributed by atoms with E-state index in [-0.39, 0.29) is 0 Å². The van der Waals surface area contributed by atoms with E-state index in [1.807, 2.05) is 34.6 Å². The van der Waals surface area contributed by atoms with Crippen LogP contribution in [0.4, 0.5) is 4.79 Å². The summed E-state index contributed by atoms with van der Waals surface area (Å²) in [6.45, 7) is 13.0. The van der Waals surface area contributed by atoms with Crippen molar-refractivity contribution >= 4 is 11.8 Å². The van der Waals surface area contributed by atoms with Crippen molar-refractivity contribution in [3.8, 4) is 0 Å². The fourth-order valence-electron chi connectivity index (χ4n) is 0.835. The molecule has 4 nitrogen and oxygen atoms in total. The van der Waals surface area contributed by atoms with Crippen LogP contribution in [0.3, 0.4) is 0 Å². The summed E-state index contributed by atoms with van der Waals surface area (Å²) in [5.41, 5.74) is 0.288. The molecule has 0 aromatic heterocycles. The highest BCUT2D eigenvalue weighted by Crippen LogP contribution is 2.10. The second-order valence-corrected chi connectivity index (χ2v) is 4.40. The minimum Gasteiger partial charge on any atom is -0.442 e. The van der Waals surface area contributed by atoms with Gasteiger partial charge in [0.1, 0.15) is 5.60 Å². The molecule has 1 amide bonds. The molecule has 0 aromatic carbocycles. The average Bonchev–Trinajstić information content (AvgIpc) is 1.99. The second-order valence-electron chi connectivity index (χ2n) is 4.40. The molecule has 0 aromatic rings. The number of amides is 1. The Bertz CT molecular complexity index is 260. The van der Waals surface area contributed by atoms with Crippen molar-refractivity contribution in [3.05, 3.63) is 12.7 Å². The molecule has 0 aliphatic carbocycles. The molecule has 0 saturated carbocycles. The third-order valence-electron chi connectivity index (χ3n) is 1.23. The minimum atomic E-state index is -0.506. The van der Waals surface area contributed by atoms with Gasteiger partial charge in [0.25, 0.3) is 0 Å². The lowest BCUT2D eigenvalue weighted by molar-refractivity contribution is 0.0276. The van der Waals surface area contributed by atoms with Gasteiger partial charge in [-0.2, -0.15) is 10.1 Å². The number of rotatable bonds is 3. The molecule has 0 aliphatic heterocycles. The van der Waals surface area contributed by atoms with Crippen LogP contribution in [0, 0.1) is 0 Å². The van der Waals surface area contributed by atoms with E-state index >= 15 is 0 Å². The first-order chi connectivity index (χ1) is 6.76. The van der Waals surface area contributed by atoms with E-state index in [0.29, 0.717) is 6.54 Å². The highest BCUT2D eigenvalue weighted by Gasteiger charge is 2.20. The molecule has 0 aliphatic rings. The predicted molar refractivity (Wildman–Crippen MR) is 61.9 cm³/mol. The lowest BCUT2D eigenvalue weighted by atomic mass is 10.2. The van der Waals surface area contributed by atoms with Crippen molar-refractivity contribution in [3.63, 3.8) is 0 Å². The molecule has 0 N–H and O–H groups in total. The first-order valence-corrected chi connectivity index (χ1v) is 4.89. The molecular formula is C11H20N2O2. The molecule has 0 rings (SSSR count). The summed E-state index contributed by atoms with van der Waals surface area (Å²) in [6.07, 6.45) is 1.15. The second kappa shape index (κ2) is 5.53. The maximum Gasteiger partial charge on any atom is 0.431 e. The first kappa shape index (κ1) is 13.7. The van der Waals surface area contributed by atoms with E-state index in [0.717, 1.165) is 5.71 Å².